The Labute approximate surface area is 372 Å². The lowest BCUT2D eigenvalue weighted by Crippen LogP contribution is -2.35. The van der Waals surface area contributed by atoms with Crippen LogP contribution in [-0.4, -0.2) is 66.9 Å². The maximum absolute atomic E-state index is 12.9. The Balaban J connectivity index is 4.55. The van der Waals surface area contributed by atoms with Gasteiger partial charge in [-0.25, -0.2) is 4.79 Å². The summed E-state index contributed by atoms with van der Waals surface area (Å²) >= 11 is 0. The monoisotopic (exact) mass is 851 g/mol. The van der Waals surface area contributed by atoms with Gasteiger partial charge in [0.05, 0.1) is 0 Å². The Kier molecular flexibility index (Phi) is 41.2. The molecule has 0 aliphatic rings. The van der Waals surface area contributed by atoms with Crippen molar-refractivity contribution in [3.8, 4) is 0 Å². The molecule has 356 valence electrons. The second kappa shape index (κ2) is 42.5. The van der Waals surface area contributed by atoms with E-state index in [9.17, 15) is 14.4 Å². The number of esters is 2. The molecule has 0 bridgehead atoms. The summed E-state index contributed by atoms with van der Waals surface area (Å²) in [6, 6.07) is 0. The minimum Gasteiger partial charge on any atom is -0.462 e. The number of alkyl carbamates (subject to hydrolysis) is 1. The van der Waals surface area contributed by atoms with Crippen LogP contribution in [-0.2, 0) is 23.8 Å². The van der Waals surface area contributed by atoms with Gasteiger partial charge < -0.3 is 24.4 Å². The number of hydrogen-bond donors (Lipinski definition) is 1. The number of unbranched alkanes of at least 4 members (excludes halogenated alkanes) is 23. The van der Waals surface area contributed by atoms with Crippen molar-refractivity contribution >= 4 is 18.0 Å². The summed E-state index contributed by atoms with van der Waals surface area (Å²) in [6.45, 7) is 18.2. The lowest BCUT2D eigenvalue weighted by atomic mass is 10.0. The second-order valence-electron chi connectivity index (χ2n) is 19.0. The molecule has 1 unspecified atom stereocenters. The molecular formula is C52H102N2O6. The van der Waals surface area contributed by atoms with Gasteiger partial charge in [-0.05, 0) is 117 Å². The van der Waals surface area contributed by atoms with Crippen molar-refractivity contribution in [2.45, 2.75) is 291 Å². The van der Waals surface area contributed by atoms with Gasteiger partial charge in [-0.3, -0.25) is 9.59 Å². The van der Waals surface area contributed by atoms with E-state index >= 15 is 0 Å². The number of nitrogens with zero attached hydrogens (tertiary/aromatic N) is 1. The van der Waals surface area contributed by atoms with E-state index in [4.69, 9.17) is 14.2 Å². The van der Waals surface area contributed by atoms with Crippen LogP contribution in [0.1, 0.15) is 273 Å². The molecule has 1 N–H and O–H groups in total. The average Bonchev–Trinajstić information content (AvgIpc) is 3.20. The Morgan fingerprint density at radius 2 is 0.800 bits per heavy atom. The van der Waals surface area contributed by atoms with Gasteiger partial charge in [-0.1, -0.05) is 163 Å². The maximum Gasteiger partial charge on any atom is 0.407 e. The Morgan fingerprint density at radius 1 is 0.450 bits per heavy atom. The van der Waals surface area contributed by atoms with E-state index in [-0.39, 0.29) is 30.2 Å². The first-order chi connectivity index (χ1) is 29.0. The molecule has 0 aliphatic heterocycles. The molecule has 1 atom stereocenters. The highest BCUT2D eigenvalue weighted by Crippen LogP contribution is 2.19. The van der Waals surface area contributed by atoms with Gasteiger partial charge in [0.15, 0.2) is 0 Å². The summed E-state index contributed by atoms with van der Waals surface area (Å²) in [5, 5.41) is 2.91. The van der Waals surface area contributed by atoms with E-state index in [1.807, 2.05) is 20.8 Å². The van der Waals surface area contributed by atoms with Crippen LogP contribution in [0.2, 0.25) is 0 Å². The molecule has 0 aliphatic carbocycles. The summed E-state index contributed by atoms with van der Waals surface area (Å²) in [5.74, 6) is -0.0165. The van der Waals surface area contributed by atoms with Gasteiger partial charge in [0.1, 0.15) is 17.8 Å². The number of carbonyl (C=O) groups is 3. The highest BCUT2D eigenvalue weighted by atomic mass is 16.6. The maximum atomic E-state index is 12.9. The largest absolute Gasteiger partial charge is 0.462 e. The molecule has 60 heavy (non-hydrogen) atoms. The van der Waals surface area contributed by atoms with E-state index in [2.05, 4.69) is 37.9 Å². The van der Waals surface area contributed by atoms with Gasteiger partial charge in [-0.15, -0.1) is 0 Å². The minimum absolute atomic E-state index is 0.00648. The Hall–Kier alpha value is -1.83. The summed E-state index contributed by atoms with van der Waals surface area (Å²) < 4.78 is 17.3. The predicted octanol–water partition coefficient (Wildman–Crippen LogP) is 15.4. The molecule has 1 amide bonds. The normalized spacial score (nSPS) is 12.3. The second-order valence-corrected chi connectivity index (χ2v) is 19.0. The Morgan fingerprint density at radius 3 is 1.22 bits per heavy atom. The summed E-state index contributed by atoms with van der Waals surface area (Å²) in [7, 11) is 0. The summed E-state index contributed by atoms with van der Waals surface area (Å²) in [5.41, 5.74) is -0.495. The van der Waals surface area contributed by atoms with E-state index < -0.39 is 5.60 Å². The van der Waals surface area contributed by atoms with Crippen LogP contribution < -0.4 is 5.32 Å². The first-order valence-electron chi connectivity index (χ1n) is 26.1. The van der Waals surface area contributed by atoms with E-state index in [1.54, 1.807) is 0 Å². The Bertz CT molecular complexity index is 953. The van der Waals surface area contributed by atoms with E-state index in [0.717, 1.165) is 122 Å². The van der Waals surface area contributed by atoms with Crippen molar-refractivity contribution in [3.05, 3.63) is 0 Å². The molecular weight excluding hydrogens is 749 g/mol. The topological polar surface area (TPSA) is 94.2 Å². The number of rotatable bonds is 44. The third-order valence-corrected chi connectivity index (χ3v) is 11.7. The standard InChI is InChI=1S/C52H102N2O6/c1-8-12-15-18-23-30-38-47(11-4)58-49(55)41-33-26-21-28-35-44-54(46-37-43-53-51(57)60-52(5,6)7)45-36-29-22-27-34-42-50(56)59-48(39-31-24-19-16-13-9-2)40-32-25-20-17-14-10-3/h47-48H,8-46H2,1-7H3,(H,53,57). The minimum atomic E-state index is -0.495. The molecule has 0 heterocycles. The highest BCUT2D eigenvalue weighted by Gasteiger charge is 2.17. The van der Waals surface area contributed by atoms with Crippen molar-refractivity contribution in [1.29, 1.82) is 0 Å². The molecule has 0 rings (SSSR count). The lowest BCUT2D eigenvalue weighted by molar-refractivity contribution is -0.150. The molecule has 0 spiro atoms. The van der Waals surface area contributed by atoms with Gasteiger partial charge in [-0.2, -0.15) is 0 Å². The molecule has 0 aromatic carbocycles. The fourth-order valence-electron chi connectivity index (χ4n) is 7.97. The SMILES string of the molecule is CCCCCCCCC(CC)OC(=O)CCCCCCCN(CCCCCCCC(=O)OC(CCCCCCCC)CCCCCCCC)CCCNC(=O)OC(C)(C)C. The van der Waals surface area contributed by atoms with Crippen molar-refractivity contribution < 1.29 is 28.6 Å². The fraction of sp³-hybridized carbons (Fsp3) is 0.942. The third kappa shape index (κ3) is 41.5. The average molecular weight is 851 g/mol. The predicted molar refractivity (Wildman–Crippen MR) is 255 cm³/mol. The number of nitrogens with one attached hydrogen (secondary N) is 1. The van der Waals surface area contributed by atoms with Crippen LogP contribution in [0.4, 0.5) is 4.79 Å². The highest BCUT2D eigenvalue weighted by molar-refractivity contribution is 5.69. The molecule has 0 saturated heterocycles. The van der Waals surface area contributed by atoms with Gasteiger partial charge >= 0.3 is 18.0 Å². The first kappa shape index (κ1) is 58.2. The van der Waals surface area contributed by atoms with Crippen LogP contribution in [0.15, 0.2) is 0 Å². The molecule has 0 fully saturated rings. The van der Waals surface area contributed by atoms with Gasteiger partial charge in [0.2, 0.25) is 0 Å². The molecule has 0 aromatic heterocycles. The van der Waals surface area contributed by atoms with Crippen LogP contribution in [0.3, 0.4) is 0 Å². The van der Waals surface area contributed by atoms with Crippen molar-refractivity contribution in [3.63, 3.8) is 0 Å². The lowest BCUT2D eigenvalue weighted by Gasteiger charge is -2.23. The molecule has 0 aromatic rings. The van der Waals surface area contributed by atoms with Crippen LogP contribution >= 0.6 is 0 Å². The fourth-order valence-corrected chi connectivity index (χ4v) is 7.97. The number of carbonyl (C=O) groups excluding carboxylic acids is 3. The zero-order valence-corrected chi connectivity index (χ0v) is 41.1. The van der Waals surface area contributed by atoms with Crippen LogP contribution in [0, 0.1) is 0 Å². The third-order valence-electron chi connectivity index (χ3n) is 11.7. The zero-order valence-electron chi connectivity index (χ0n) is 41.1. The molecule has 8 heteroatoms. The van der Waals surface area contributed by atoms with Crippen molar-refractivity contribution in [2.75, 3.05) is 26.2 Å². The molecule has 0 radical (unpaired) electrons. The van der Waals surface area contributed by atoms with Crippen LogP contribution in [0.25, 0.3) is 0 Å². The van der Waals surface area contributed by atoms with Gasteiger partial charge in [0, 0.05) is 19.4 Å². The quantitative estimate of drug-likeness (QED) is 0.0371. The molecule has 8 nitrogen and oxygen atoms in total. The zero-order chi connectivity index (χ0) is 44.4. The number of amides is 1. The number of ether oxygens (including phenoxy) is 3. The van der Waals surface area contributed by atoms with Crippen molar-refractivity contribution in [2.24, 2.45) is 0 Å². The smallest absolute Gasteiger partial charge is 0.407 e. The molecule has 0 saturated carbocycles. The van der Waals surface area contributed by atoms with E-state index in [0.29, 0.717) is 19.4 Å². The van der Waals surface area contributed by atoms with Crippen molar-refractivity contribution in [1.82, 2.24) is 10.2 Å². The first-order valence-corrected chi connectivity index (χ1v) is 26.1. The summed E-state index contributed by atoms with van der Waals surface area (Å²) in [4.78, 5) is 40.0. The van der Waals surface area contributed by atoms with E-state index in [1.165, 1.54) is 109 Å². The van der Waals surface area contributed by atoms with Gasteiger partial charge in [0.25, 0.3) is 0 Å². The summed E-state index contributed by atoms with van der Waals surface area (Å²) in [6.07, 6.45) is 39.5. The number of hydrogen-bond acceptors (Lipinski definition) is 7. The van der Waals surface area contributed by atoms with Crippen LogP contribution in [0.5, 0.6) is 0 Å².